The van der Waals surface area contributed by atoms with Crippen LogP contribution in [-0.2, 0) is 6.54 Å². The summed E-state index contributed by atoms with van der Waals surface area (Å²) in [4.78, 5) is 29.5. The Labute approximate surface area is 151 Å². The first-order valence-corrected chi connectivity index (χ1v) is 8.42. The van der Waals surface area contributed by atoms with E-state index in [4.69, 9.17) is 0 Å². The van der Waals surface area contributed by atoms with Crippen LogP contribution in [0.15, 0.2) is 77.6 Å². The first-order chi connectivity index (χ1) is 12.7. The number of pyridine rings is 1. The molecule has 0 saturated carbocycles. The van der Waals surface area contributed by atoms with E-state index in [2.05, 4.69) is 4.98 Å². The predicted octanol–water partition coefficient (Wildman–Crippen LogP) is 2.68. The highest BCUT2D eigenvalue weighted by atomic mass is 16.3. The quantitative estimate of drug-likeness (QED) is 0.719. The van der Waals surface area contributed by atoms with Crippen molar-refractivity contribution in [3.63, 3.8) is 0 Å². The first kappa shape index (κ1) is 17.6. The fourth-order valence-corrected chi connectivity index (χ4v) is 2.78. The fraction of sp³-hybridized carbons (Fsp3) is 0.143. The monoisotopic (exact) mass is 348 g/mol. The molecule has 3 aromatic rings. The number of carbonyl (C=O) groups is 1. The summed E-state index contributed by atoms with van der Waals surface area (Å²) in [5.41, 5.74) is 2.09. The zero-order valence-corrected chi connectivity index (χ0v) is 14.3. The van der Waals surface area contributed by atoms with E-state index in [1.54, 1.807) is 12.1 Å². The van der Waals surface area contributed by atoms with Crippen LogP contribution in [0.1, 0.15) is 15.9 Å². The Morgan fingerprint density at radius 3 is 2.19 bits per heavy atom. The number of rotatable bonds is 6. The van der Waals surface area contributed by atoms with E-state index >= 15 is 0 Å². The molecule has 2 N–H and O–H groups in total. The van der Waals surface area contributed by atoms with Gasteiger partial charge in [-0.1, -0.05) is 60.7 Å². The number of aliphatic hydroxyl groups is 1. The van der Waals surface area contributed by atoms with Crippen molar-refractivity contribution in [2.24, 2.45) is 0 Å². The number of amides is 1. The van der Waals surface area contributed by atoms with E-state index in [1.807, 2.05) is 60.7 Å². The van der Waals surface area contributed by atoms with Gasteiger partial charge in [0, 0.05) is 18.8 Å². The number of hydrogen-bond acceptors (Lipinski definition) is 3. The highest BCUT2D eigenvalue weighted by molar-refractivity contribution is 5.94. The maximum absolute atomic E-state index is 12.8. The Kier molecular flexibility index (Phi) is 5.61. The van der Waals surface area contributed by atoms with Gasteiger partial charge in [-0.2, -0.15) is 0 Å². The second kappa shape index (κ2) is 8.27. The minimum atomic E-state index is -0.438. The van der Waals surface area contributed by atoms with Crippen LogP contribution in [0.25, 0.3) is 11.3 Å². The van der Waals surface area contributed by atoms with Gasteiger partial charge in [-0.25, -0.2) is 0 Å². The maximum Gasteiger partial charge on any atom is 0.261 e. The van der Waals surface area contributed by atoms with Gasteiger partial charge in [-0.3, -0.25) is 9.59 Å². The van der Waals surface area contributed by atoms with Gasteiger partial charge in [0.25, 0.3) is 11.5 Å². The van der Waals surface area contributed by atoms with Gasteiger partial charge < -0.3 is 15.0 Å². The van der Waals surface area contributed by atoms with Crippen LogP contribution in [0.4, 0.5) is 0 Å². The molecule has 0 radical (unpaired) electrons. The molecule has 5 nitrogen and oxygen atoms in total. The van der Waals surface area contributed by atoms with Gasteiger partial charge in [0.1, 0.15) is 5.56 Å². The Hall–Kier alpha value is -3.18. The summed E-state index contributed by atoms with van der Waals surface area (Å²) in [7, 11) is 0. The largest absolute Gasteiger partial charge is 0.395 e. The van der Waals surface area contributed by atoms with E-state index in [1.165, 1.54) is 4.90 Å². The van der Waals surface area contributed by atoms with Gasteiger partial charge >= 0.3 is 0 Å². The fourth-order valence-electron chi connectivity index (χ4n) is 2.78. The molecule has 2 aromatic carbocycles. The normalized spacial score (nSPS) is 10.5. The van der Waals surface area contributed by atoms with Crippen molar-refractivity contribution in [3.05, 3.63) is 94.3 Å². The third-order valence-corrected chi connectivity index (χ3v) is 4.10. The molecule has 0 fully saturated rings. The molecular weight excluding hydrogens is 328 g/mol. The lowest BCUT2D eigenvalue weighted by Crippen LogP contribution is -2.36. The van der Waals surface area contributed by atoms with E-state index < -0.39 is 11.5 Å². The molecule has 0 aliphatic carbocycles. The van der Waals surface area contributed by atoms with E-state index in [0.717, 1.165) is 11.1 Å². The maximum atomic E-state index is 12.8. The molecule has 132 valence electrons. The van der Waals surface area contributed by atoms with Gasteiger partial charge in [0.05, 0.1) is 6.61 Å². The SMILES string of the molecule is O=C(c1ccc(-c2ccccc2)[nH]c1=O)N(CCO)Cc1ccccc1. The number of H-pyrrole nitrogens is 1. The van der Waals surface area contributed by atoms with Crippen LogP contribution >= 0.6 is 0 Å². The molecule has 5 heteroatoms. The molecule has 0 saturated heterocycles. The number of nitrogens with one attached hydrogen (secondary N) is 1. The Bertz CT molecular complexity index is 921. The summed E-state index contributed by atoms with van der Waals surface area (Å²) in [5, 5.41) is 9.29. The zero-order valence-electron chi connectivity index (χ0n) is 14.3. The van der Waals surface area contributed by atoms with Crippen molar-refractivity contribution >= 4 is 5.91 Å². The Balaban J connectivity index is 1.86. The van der Waals surface area contributed by atoms with Crippen molar-refractivity contribution in [1.29, 1.82) is 0 Å². The highest BCUT2D eigenvalue weighted by Crippen LogP contribution is 2.15. The summed E-state index contributed by atoms with van der Waals surface area (Å²) in [5.74, 6) is -0.399. The molecule has 0 atom stereocenters. The second-order valence-corrected chi connectivity index (χ2v) is 5.92. The lowest BCUT2D eigenvalue weighted by atomic mass is 10.1. The molecule has 1 amide bonds. The first-order valence-electron chi connectivity index (χ1n) is 8.42. The topological polar surface area (TPSA) is 73.4 Å². The number of aromatic nitrogens is 1. The lowest BCUT2D eigenvalue weighted by Gasteiger charge is -2.21. The molecule has 0 bridgehead atoms. The van der Waals surface area contributed by atoms with E-state index in [-0.39, 0.29) is 18.7 Å². The van der Waals surface area contributed by atoms with Gasteiger partial charge in [0.2, 0.25) is 0 Å². The van der Waals surface area contributed by atoms with Gasteiger partial charge in [-0.15, -0.1) is 0 Å². The molecule has 0 aliphatic rings. The third-order valence-electron chi connectivity index (χ3n) is 4.10. The average molecular weight is 348 g/mol. The summed E-state index contributed by atoms with van der Waals surface area (Å²) in [6.07, 6.45) is 0. The number of hydrogen-bond donors (Lipinski definition) is 2. The number of aliphatic hydroxyl groups excluding tert-OH is 1. The van der Waals surface area contributed by atoms with Crippen LogP contribution in [0.3, 0.4) is 0 Å². The summed E-state index contributed by atoms with van der Waals surface area (Å²) in [6, 6.07) is 22.2. The molecule has 0 spiro atoms. The van der Waals surface area contributed by atoms with Crippen LogP contribution < -0.4 is 5.56 Å². The van der Waals surface area contributed by atoms with E-state index in [0.29, 0.717) is 12.2 Å². The summed E-state index contributed by atoms with van der Waals surface area (Å²) in [6.45, 7) is 0.326. The van der Waals surface area contributed by atoms with Crippen molar-refractivity contribution in [3.8, 4) is 11.3 Å². The Morgan fingerprint density at radius 2 is 1.58 bits per heavy atom. The number of benzene rings is 2. The van der Waals surface area contributed by atoms with Gasteiger partial charge in [0.15, 0.2) is 0 Å². The van der Waals surface area contributed by atoms with Crippen molar-refractivity contribution in [2.45, 2.75) is 6.54 Å². The number of nitrogens with zero attached hydrogens (tertiary/aromatic N) is 1. The summed E-state index contributed by atoms with van der Waals surface area (Å²) < 4.78 is 0. The molecule has 3 rings (SSSR count). The molecular formula is C21H20N2O3. The van der Waals surface area contributed by atoms with E-state index in [9.17, 15) is 14.7 Å². The predicted molar refractivity (Wildman–Crippen MR) is 101 cm³/mol. The number of aromatic amines is 1. The van der Waals surface area contributed by atoms with Gasteiger partial charge in [-0.05, 0) is 23.3 Å². The smallest absolute Gasteiger partial charge is 0.261 e. The van der Waals surface area contributed by atoms with Crippen LogP contribution in [-0.4, -0.2) is 34.0 Å². The highest BCUT2D eigenvalue weighted by Gasteiger charge is 2.19. The molecule has 1 aromatic heterocycles. The summed E-state index contributed by atoms with van der Waals surface area (Å²) >= 11 is 0. The average Bonchev–Trinajstić information content (AvgIpc) is 2.68. The third kappa shape index (κ3) is 4.07. The molecule has 1 heterocycles. The second-order valence-electron chi connectivity index (χ2n) is 5.92. The lowest BCUT2D eigenvalue weighted by molar-refractivity contribution is 0.0706. The minimum absolute atomic E-state index is 0.0639. The van der Waals surface area contributed by atoms with Crippen LogP contribution in [0.2, 0.25) is 0 Å². The standard InChI is InChI=1S/C21H20N2O3/c24-14-13-23(15-16-7-3-1-4-8-16)21(26)18-11-12-19(22-20(18)25)17-9-5-2-6-10-17/h1-12,24H,13-15H2,(H,22,25). The van der Waals surface area contributed by atoms with Crippen LogP contribution in [0, 0.1) is 0 Å². The van der Waals surface area contributed by atoms with Crippen LogP contribution in [0.5, 0.6) is 0 Å². The van der Waals surface area contributed by atoms with Crippen molar-refractivity contribution < 1.29 is 9.90 Å². The Morgan fingerprint density at radius 1 is 0.923 bits per heavy atom. The van der Waals surface area contributed by atoms with Crippen molar-refractivity contribution in [2.75, 3.05) is 13.2 Å². The molecule has 0 unspecified atom stereocenters. The number of carbonyl (C=O) groups excluding carboxylic acids is 1. The molecule has 26 heavy (non-hydrogen) atoms. The van der Waals surface area contributed by atoms with Crippen molar-refractivity contribution in [1.82, 2.24) is 9.88 Å². The molecule has 0 aliphatic heterocycles. The minimum Gasteiger partial charge on any atom is -0.395 e. The zero-order chi connectivity index (χ0) is 18.4.